The average molecular weight is 515 g/mol. The number of benzene rings is 1. The van der Waals surface area contributed by atoms with Crippen molar-refractivity contribution < 1.29 is 14.3 Å². The van der Waals surface area contributed by atoms with Crippen molar-refractivity contribution >= 4 is 28.4 Å². The number of nitrogens with one attached hydrogen (secondary N) is 3. The van der Waals surface area contributed by atoms with Crippen LogP contribution in [-0.4, -0.2) is 46.5 Å². The predicted molar refractivity (Wildman–Crippen MR) is 142 cm³/mol. The fourth-order valence-electron chi connectivity index (χ4n) is 4.91. The molecular weight excluding hydrogens is 480 g/mol. The first-order chi connectivity index (χ1) is 17.0. The smallest absolute Gasteiger partial charge is 0.254 e. The Morgan fingerprint density at radius 1 is 1.22 bits per heavy atom. The highest BCUT2D eigenvalue weighted by atomic mass is 35.5. The minimum atomic E-state index is -0.446. The molecule has 0 unspecified atom stereocenters. The van der Waals surface area contributed by atoms with Crippen LogP contribution in [0.25, 0.3) is 10.9 Å². The number of nitrogens with zero attached hydrogens (tertiary/aromatic N) is 1. The van der Waals surface area contributed by atoms with E-state index in [0.29, 0.717) is 35.1 Å². The molecule has 0 bridgehead atoms. The maximum Gasteiger partial charge on any atom is 0.254 e. The fourth-order valence-corrected chi connectivity index (χ4v) is 5.23. The summed E-state index contributed by atoms with van der Waals surface area (Å²) in [6.45, 7) is 13.2. The van der Waals surface area contributed by atoms with Crippen LogP contribution in [0.1, 0.15) is 61.0 Å². The van der Waals surface area contributed by atoms with Crippen molar-refractivity contribution in [2.45, 2.75) is 72.0 Å². The van der Waals surface area contributed by atoms with E-state index in [-0.39, 0.29) is 35.6 Å². The number of carbonyl (C=O) groups excluding carboxylic acids is 1. The average Bonchev–Trinajstić information content (AvgIpc) is 3.09. The zero-order valence-corrected chi connectivity index (χ0v) is 22.5. The summed E-state index contributed by atoms with van der Waals surface area (Å²) < 4.78 is 14.3. The van der Waals surface area contributed by atoms with Gasteiger partial charge in [0.15, 0.2) is 6.29 Å². The number of carbonyl (C=O) groups is 1. The van der Waals surface area contributed by atoms with Gasteiger partial charge >= 0.3 is 0 Å². The molecule has 1 atom stereocenters. The van der Waals surface area contributed by atoms with Crippen LogP contribution in [0.2, 0.25) is 5.02 Å². The van der Waals surface area contributed by atoms with E-state index in [2.05, 4.69) is 41.0 Å². The molecule has 0 spiro atoms. The van der Waals surface area contributed by atoms with Gasteiger partial charge < -0.3 is 29.7 Å². The van der Waals surface area contributed by atoms with Crippen LogP contribution < -0.4 is 16.2 Å². The van der Waals surface area contributed by atoms with Crippen molar-refractivity contribution in [3.05, 3.63) is 68.2 Å². The second kappa shape index (κ2) is 10.4. The van der Waals surface area contributed by atoms with E-state index in [9.17, 15) is 9.59 Å². The first-order valence-corrected chi connectivity index (χ1v) is 12.6. The maximum atomic E-state index is 13.4. The molecular formula is C27H35ClN4O4. The number of aryl methyl sites for hydroxylation is 1. The van der Waals surface area contributed by atoms with E-state index in [1.807, 2.05) is 38.1 Å². The monoisotopic (exact) mass is 514 g/mol. The molecule has 1 aliphatic rings. The van der Waals surface area contributed by atoms with Crippen LogP contribution in [-0.2, 0) is 16.0 Å². The van der Waals surface area contributed by atoms with E-state index in [4.69, 9.17) is 21.1 Å². The first-order valence-electron chi connectivity index (χ1n) is 12.2. The number of rotatable bonds is 6. The lowest BCUT2D eigenvalue weighted by Gasteiger charge is -2.37. The van der Waals surface area contributed by atoms with Gasteiger partial charge in [0.05, 0.1) is 48.0 Å². The molecule has 3 N–H and O–H groups in total. The Balaban J connectivity index is 1.57. The molecule has 0 aliphatic carbocycles. The van der Waals surface area contributed by atoms with Gasteiger partial charge in [-0.3, -0.25) is 9.59 Å². The second-order valence-electron chi connectivity index (χ2n) is 10.5. The summed E-state index contributed by atoms with van der Waals surface area (Å²) >= 11 is 6.26. The van der Waals surface area contributed by atoms with Crippen LogP contribution in [0.3, 0.4) is 0 Å². The molecule has 1 aliphatic heterocycles. The van der Waals surface area contributed by atoms with Crippen molar-refractivity contribution in [3.8, 4) is 0 Å². The number of para-hydroxylation sites is 1. The Hall–Kier alpha value is -2.65. The Labute approximate surface area is 216 Å². The van der Waals surface area contributed by atoms with Crippen LogP contribution in [0.4, 0.5) is 0 Å². The Bertz CT molecular complexity index is 1320. The quantitative estimate of drug-likeness (QED) is 0.457. The lowest BCUT2D eigenvalue weighted by atomic mass is 10.1. The molecule has 9 heteroatoms. The van der Waals surface area contributed by atoms with Crippen LogP contribution >= 0.6 is 11.6 Å². The summed E-state index contributed by atoms with van der Waals surface area (Å²) in [6.07, 6.45) is -0.446. The Kier molecular flexibility index (Phi) is 7.61. The summed E-state index contributed by atoms with van der Waals surface area (Å²) in [4.78, 5) is 28.4. The van der Waals surface area contributed by atoms with Gasteiger partial charge in [-0.2, -0.15) is 0 Å². The molecule has 1 amide bonds. The van der Waals surface area contributed by atoms with E-state index < -0.39 is 6.29 Å². The largest absolute Gasteiger partial charge is 0.349 e. The third-order valence-corrected chi connectivity index (χ3v) is 6.72. The van der Waals surface area contributed by atoms with E-state index in [1.54, 1.807) is 13.0 Å². The minimum Gasteiger partial charge on any atom is -0.349 e. The van der Waals surface area contributed by atoms with Gasteiger partial charge in [0.25, 0.3) is 11.5 Å². The third-order valence-electron chi connectivity index (χ3n) is 6.39. The standard InChI is InChI=1S/C27H35ClN4O4/c1-15-11-21(28)20(24(33)30-15)12-29-25(34)23-16(2)32(22-10-8-7-9-19(22)23)17(3)26-35-13-18(14-36-26)31-27(4,5)6/h7-11,17-18,26,31H,12-14H2,1-6H3,(H,29,34)(H,30,33)/t17-,18?,26?/m1/s1. The molecule has 4 rings (SSSR count). The summed E-state index contributed by atoms with van der Waals surface area (Å²) in [5.41, 5.74) is 2.93. The zero-order chi connectivity index (χ0) is 26.2. The number of ether oxygens (including phenoxy) is 2. The highest BCUT2D eigenvalue weighted by Crippen LogP contribution is 2.32. The number of fused-ring (bicyclic) bond motifs is 1. The number of H-pyrrole nitrogens is 1. The highest BCUT2D eigenvalue weighted by molar-refractivity contribution is 6.31. The predicted octanol–water partition coefficient (Wildman–Crippen LogP) is 4.22. The molecule has 0 saturated carbocycles. The minimum absolute atomic E-state index is 0.0266. The van der Waals surface area contributed by atoms with Gasteiger partial charge in [0, 0.05) is 27.8 Å². The first kappa shape index (κ1) is 26.4. The molecule has 0 radical (unpaired) electrons. The molecule has 1 aromatic carbocycles. The van der Waals surface area contributed by atoms with Gasteiger partial charge in [-0.05, 0) is 53.7 Å². The van der Waals surface area contributed by atoms with Crippen molar-refractivity contribution in [2.24, 2.45) is 0 Å². The van der Waals surface area contributed by atoms with Gasteiger partial charge in [-0.1, -0.05) is 29.8 Å². The van der Waals surface area contributed by atoms with E-state index >= 15 is 0 Å². The SMILES string of the molecule is Cc1cc(Cl)c(CNC(=O)c2c(C)n([C@H](C)C3OCC(NC(C)(C)C)CO3)c3ccccc23)c(=O)[nH]1. The molecule has 1 saturated heterocycles. The molecule has 194 valence electrons. The Morgan fingerprint density at radius 2 is 1.89 bits per heavy atom. The highest BCUT2D eigenvalue weighted by Gasteiger charge is 2.32. The number of aromatic amines is 1. The van der Waals surface area contributed by atoms with Crippen LogP contribution in [0, 0.1) is 13.8 Å². The molecule has 3 aromatic rings. The molecule has 1 fully saturated rings. The van der Waals surface area contributed by atoms with Crippen molar-refractivity contribution in [2.75, 3.05) is 13.2 Å². The summed E-state index contributed by atoms with van der Waals surface area (Å²) in [6, 6.07) is 9.41. The molecule has 2 aromatic heterocycles. The number of amides is 1. The van der Waals surface area contributed by atoms with E-state index in [0.717, 1.165) is 16.6 Å². The van der Waals surface area contributed by atoms with Gasteiger partial charge in [0.2, 0.25) is 0 Å². The number of halogens is 1. The summed E-state index contributed by atoms with van der Waals surface area (Å²) in [7, 11) is 0. The summed E-state index contributed by atoms with van der Waals surface area (Å²) in [5.74, 6) is -0.273. The van der Waals surface area contributed by atoms with E-state index in [1.165, 1.54) is 0 Å². The Morgan fingerprint density at radius 3 is 2.53 bits per heavy atom. The fraction of sp³-hybridized carbons (Fsp3) is 0.481. The van der Waals surface area contributed by atoms with Gasteiger partial charge in [-0.25, -0.2) is 0 Å². The molecule has 36 heavy (non-hydrogen) atoms. The number of hydrogen-bond donors (Lipinski definition) is 3. The van der Waals surface area contributed by atoms with Crippen molar-refractivity contribution in [3.63, 3.8) is 0 Å². The lowest BCUT2D eigenvalue weighted by Crippen LogP contribution is -2.52. The number of aromatic nitrogens is 2. The van der Waals surface area contributed by atoms with Crippen LogP contribution in [0.5, 0.6) is 0 Å². The lowest BCUT2D eigenvalue weighted by molar-refractivity contribution is -0.209. The van der Waals surface area contributed by atoms with Gasteiger partial charge in [0.1, 0.15) is 0 Å². The summed E-state index contributed by atoms with van der Waals surface area (Å²) in [5, 5.41) is 7.55. The topological polar surface area (TPSA) is 97.4 Å². The van der Waals surface area contributed by atoms with Crippen molar-refractivity contribution in [1.82, 2.24) is 20.2 Å². The zero-order valence-electron chi connectivity index (χ0n) is 21.7. The second-order valence-corrected chi connectivity index (χ2v) is 10.9. The van der Waals surface area contributed by atoms with Crippen molar-refractivity contribution in [1.29, 1.82) is 0 Å². The molecule has 3 heterocycles. The maximum absolute atomic E-state index is 13.4. The van der Waals surface area contributed by atoms with Gasteiger partial charge in [-0.15, -0.1) is 0 Å². The number of hydrogen-bond acceptors (Lipinski definition) is 5. The third kappa shape index (κ3) is 5.52. The van der Waals surface area contributed by atoms with Crippen LogP contribution in [0.15, 0.2) is 35.1 Å². The normalized spacial score (nSPS) is 19.4. The number of pyridine rings is 1. The molecule has 8 nitrogen and oxygen atoms in total.